The van der Waals surface area contributed by atoms with Crippen LogP contribution in [0.15, 0.2) is 6.07 Å². The van der Waals surface area contributed by atoms with Crippen molar-refractivity contribution in [2.45, 2.75) is 45.1 Å². The van der Waals surface area contributed by atoms with Gasteiger partial charge < -0.3 is 10.6 Å². The van der Waals surface area contributed by atoms with E-state index in [1.165, 1.54) is 18.5 Å². The summed E-state index contributed by atoms with van der Waals surface area (Å²) in [6.45, 7) is 9.15. The smallest absolute Gasteiger partial charge is 0.271 e. The first-order valence-electron chi connectivity index (χ1n) is 7.54. The Labute approximate surface area is 132 Å². The second-order valence-corrected chi connectivity index (χ2v) is 7.05. The first kappa shape index (κ1) is 16.3. The van der Waals surface area contributed by atoms with Gasteiger partial charge in [0, 0.05) is 37.2 Å². The largest absolute Gasteiger partial charge is 0.350 e. The Bertz CT molecular complexity index is 512. The molecule has 2 N–H and O–H groups in total. The average Bonchev–Trinajstić information content (AvgIpc) is 3.04. The van der Waals surface area contributed by atoms with E-state index in [-0.39, 0.29) is 23.9 Å². The van der Waals surface area contributed by atoms with Crippen LogP contribution >= 0.6 is 12.4 Å². The highest BCUT2D eigenvalue weighted by Gasteiger charge is 2.32. The molecule has 5 nitrogen and oxygen atoms in total. The molecule has 3 rings (SSSR count). The monoisotopic (exact) mass is 312 g/mol. The SMILES string of the molecule is CC(C)(C)n1nc(C(=O)NCC2CNC2)cc1C1CC1.Cl. The number of halogens is 1. The molecule has 1 saturated carbocycles. The lowest BCUT2D eigenvalue weighted by Crippen LogP contribution is -2.48. The van der Waals surface area contributed by atoms with Gasteiger partial charge in [0.15, 0.2) is 0 Å². The first-order chi connectivity index (χ1) is 9.45. The predicted octanol–water partition coefficient (Wildman–Crippen LogP) is 1.89. The Balaban J connectivity index is 0.00000161. The van der Waals surface area contributed by atoms with Crippen LogP contribution in [0.3, 0.4) is 0 Å². The predicted molar refractivity (Wildman–Crippen MR) is 85.1 cm³/mol. The van der Waals surface area contributed by atoms with E-state index in [4.69, 9.17) is 0 Å². The molecule has 1 aliphatic carbocycles. The van der Waals surface area contributed by atoms with Crippen molar-refractivity contribution in [3.8, 4) is 0 Å². The maximum Gasteiger partial charge on any atom is 0.271 e. The number of carbonyl (C=O) groups is 1. The van der Waals surface area contributed by atoms with Gasteiger partial charge in [-0.15, -0.1) is 12.4 Å². The van der Waals surface area contributed by atoms with Crippen molar-refractivity contribution < 1.29 is 4.79 Å². The highest BCUT2D eigenvalue weighted by molar-refractivity contribution is 5.92. The van der Waals surface area contributed by atoms with Crippen molar-refractivity contribution in [2.24, 2.45) is 5.92 Å². The highest BCUT2D eigenvalue weighted by Crippen LogP contribution is 2.41. The van der Waals surface area contributed by atoms with Gasteiger partial charge in [0.1, 0.15) is 5.69 Å². The number of hydrogen-bond acceptors (Lipinski definition) is 3. The first-order valence-corrected chi connectivity index (χ1v) is 7.54. The van der Waals surface area contributed by atoms with Crippen molar-refractivity contribution in [1.29, 1.82) is 0 Å². The van der Waals surface area contributed by atoms with Gasteiger partial charge in [0.2, 0.25) is 0 Å². The number of carbonyl (C=O) groups excluding carboxylic acids is 1. The Hall–Kier alpha value is -1.07. The van der Waals surface area contributed by atoms with E-state index < -0.39 is 0 Å². The molecular weight excluding hydrogens is 288 g/mol. The maximum absolute atomic E-state index is 12.2. The van der Waals surface area contributed by atoms with Crippen molar-refractivity contribution in [3.05, 3.63) is 17.5 Å². The molecule has 1 amide bonds. The minimum Gasteiger partial charge on any atom is -0.350 e. The Morgan fingerprint density at radius 3 is 2.57 bits per heavy atom. The number of nitrogens with zero attached hydrogens (tertiary/aromatic N) is 2. The molecular formula is C15H25ClN4O. The van der Waals surface area contributed by atoms with Gasteiger partial charge in [0.25, 0.3) is 5.91 Å². The van der Waals surface area contributed by atoms with Gasteiger partial charge in [0.05, 0.1) is 5.54 Å². The van der Waals surface area contributed by atoms with E-state index in [9.17, 15) is 4.79 Å². The van der Waals surface area contributed by atoms with Crippen molar-refractivity contribution in [1.82, 2.24) is 20.4 Å². The fourth-order valence-electron chi connectivity index (χ4n) is 2.53. The second kappa shape index (κ2) is 5.97. The summed E-state index contributed by atoms with van der Waals surface area (Å²) >= 11 is 0. The highest BCUT2D eigenvalue weighted by atomic mass is 35.5. The molecule has 2 aliphatic rings. The molecule has 2 fully saturated rings. The lowest BCUT2D eigenvalue weighted by Gasteiger charge is -2.26. The lowest BCUT2D eigenvalue weighted by molar-refractivity contribution is 0.0935. The summed E-state index contributed by atoms with van der Waals surface area (Å²) in [6, 6.07) is 1.98. The van der Waals surface area contributed by atoms with E-state index in [1.54, 1.807) is 0 Å². The van der Waals surface area contributed by atoms with Gasteiger partial charge in [-0.1, -0.05) is 0 Å². The molecule has 1 aliphatic heterocycles. The van der Waals surface area contributed by atoms with E-state index >= 15 is 0 Å². The number of aromatic nitrogens is 2. The number of nitrogens with one attached hydrogen (secondary N) is 2. The molecule has 1 aromatic heterocycles. The number of hydrogen-bond donors (Lipinski definition) is 2. The van der Waals surface area contributed by atoms with Crippen LogP contribution in [0.2, 0.25) is 0 Å². The zero-order chi connectivity index (χ0) is 14.3. The normalized spacial score (nSPS) is 18.8. The van der Waals surface area contributed by atoms with Crippen LogP contribution < -0.4 is 10.6 Å². The Kier molecular flexibility index (Phi) is 4.63. The van der Waals surface area contributed by atoms with Gasteiger partial charge in [-0.2, -0.15) is 5.10 Å². The molecule has 6 heteroatoms. The summed E-state index contributed by atoms with van der Waals surface area (Å²) in [7, 11) is 0. The molecule has 0 bridgehead atoms. The average molecular weight is 313 g/mol. The van der Waals surface area contributed by atoms with Crippen molar-refractivity contribution >= 4 is 18.3 Å². The lowest BCUT2D eigenvalue weighted by atomic mass is 10.0. The fourth-order valence-corrected chi connectivity index (χ4v) is 2.53. The molecule has 0 aromatic carbocycles. The molecule has 1 aromatic rings. The van der Waals surface area contributed by atoms with Gasteiger partial charge in [-0.3, -0.25) is 9.48 Å². The topological polar surface area (TPSA) is 59.0 Å². The third-order valence-electron chi connectivity index (χ3n) is 4.02. The van der Waals surface area contributed by atoms with Crippen molar-refractivity contribution in [3.63, 3.8) is 0 Å². The Morgan fingerprint density at radius 2 is 2.10 bits per heavy atom. The quantitative estimate of drug-likeness (QED) is 0.892. The van der Waals surface area contributed by atoms with Crippen molar-refractivity contribution in [2.75, 3.05) is 19.6 Å². The summed E-state index contributed by atoms with van der Waals surface area (Å²) in [5.74, 6) is 1.13. The third-order valence-corrected chi connectivity index (χ3v) is 4.02. The van der Waals surface area contributed by atoms with Crippen LogP contribution in [0.5, 0.6) is 0 Å². The second-order valence-electron chi connectivity index (χ2n) is 7.05. The molecule has 118 valence electrons. The standard InChI is InChI=1S/C15H24N4O.ClH/c1-15(2,3)19-13(11-4-5-11)6-12(18-19)14(20)17-9-10-7-16-8-10;/h6,10-11,16H,4-5,7-9H2,1-3H3,(H,17,20);1H. The van der Waals surface area contributed by atoms with Crippen LogP contribution in [0.4, 0.5) is 0 Å². The van der Waals surface area contributed by atoms with Crippen LogP contribution in [0.25, 0.3) is 0 Å². The van der Waals surface area contributed by atoms with E-state index in [2.05, 4.69) is 36.5 Å². The van der Waals surface area contributed by atoms with Gasteiger partial charge >= 0.3 is 0 Å². The molecule has 21 heavy (non-hydrogen) atoms. The third kappa shape index (κ3) is 3.58. The summed E-state index contributed by atoms with van der Waals surface area (Å²) in [4.78, 5) is 12.2. The molecule has 0 unspecified atom stereocenters. The minimum atomic E-state index is -0.0751. The van der Waals surface area contributed by atoms with Gasteiger partial charge in [-0.05, 0) is 39.7 Å². The number of rotatable bonds is 4. The van der Waals surface area contributed by atoms with Crippen LogP contribution in [0.1, 0.15) is 55.7 Å². The molecule has 2 heterocycles. The van der Waals surface area contributed by atoms with E-state index in [0.29, 0.717) is 17.5 Å². The number of amides is 1. The Morgan fingerprint density at radius 1 is 1.43 bits per heavy atom. The van der Waals surface area contributed by atoms with Crippen LogP contribution in [0, 0.1) is 5.92 Å². The molecule has 1 saturated heterocycles. The van der Waals surface area contributed by atoms with Gasteiger partial charge in [-0.25, -0.2) is 0 Å². The molecule has 0 radical (unpaired) electrons. The minimum absolute atomic E-state index is 0. The fraction of sp³-hybridized carbons (Fsp3) is 0.733. The zero-order valence-electron chi connectivity index (χ0n) is 13.0. The van der Waals surface area contributed by atoms with E-state index in [0.717, 1.165) is 19.6 Å². The van der Waals surface area contributed by atoms with Crippen LogP contribution in [-0.2, 0) is 5.54 Å². The zero-order valence-corrected chi connectivity index (χ0v) is 13.8. The van der Waals surface area contributed by atoms with E-state index in [1.807, 2.05) is 10.7 Å². The molecule has 0 spiro atoms. The maximum atomic E-state index is 12.2. The summed E-state index contributed by atoms with van der Waals surface area (Å²) < 4.78 is 2.03. The summed E-state index contributed by atoms with van der Waals surface area (Å²) in [5.41, 5.74) is 1.70. The summed E-state index contributed by atoms with van der Waals surface area (Å²) in [6.07, 6.45) is 2.44. The summed E-state index contributed by atoms with van der Waals surface area (Å²) in [5, 5.41) is 10.8. The van der Waals surface area contributed by atoms with Crippen LogP contribution in [-0.4, -0.2) is 35.3 Å². The molecule has 0 atom stereocenters.